The Morgan fingerprint density at radius 3 is 0.664 bits per heavy atom. The van der Waals surface area contributed by atoms with Crippen LogP contribution in [0.3, 0.4) is 0 Å². The van der Waals surface area contributed by atoms with Gasteiger partial charge in [-0.25, -0.2) is 0 Å². The highest BCUT2D eigenvalue weighted by atomic mass is 16.3. The average molecular weight is 1630 g/mol. The molecule has 0 saturated carbocycles. The molecule has 4 heteroatoms. The number of hydrogen-bond acceptors (Lipinski definition) is 4. The van der Waals surface area contributed by atoms with Gasteiger partial charge in [-0.3, -0.25) is 0 Å². The molecule has 0 fully saturated rings. The minimum Gasteiger partial charge on any atom is -0.456 e. The maximum absolute atomic E-state index is 6.59. The number of furan rings is 2. The van der Waals surface area contributed by atoms with Crippen LogP contribution in [0.1, 0.15) is 0 Å². The van der Waals surface area contributed by atoms with E-state index in [1.54, 1.807) is 0 Å². The molecule has 602 valence electrons. The van der Waals surface area contributed by atoms with Gasteiger partial charge in [-0.15, -0.1) is 0 Å². The molecule has 21 aromatic carbocycles. The fraction of sp³-hybridized carbons (Fsp3) is 0. The van der Waals surface area contributed by atoms with E-state index in [9.17, 15) is 0 Å². The largest absolute Gasteiger partial charge is 0.456 e. The summed E-state index contributed by atoms with van der Waals surface area (Å²) in [5, 5.41) is 6.87. The first-order chi connectivity index (χ1) is 63.4. The lowest BCUT2D eigenvalue weighted by molar-refractivity contribution is 0.668. The average Bonchev–Trinajstić information content (AvgIpc) is 1.60. The van der Waals surface area contributed by atoms with Crippen molar-refractivity contribution in [2.75, 3.05) is 9.80 Å². The van der Waals surface area contributed by atoms with E-state index in [0.717, 1.165) is 145 Å². The monoisotopic (exact) mass is 1630 g/mol. The van der Waals surface area contributed by atoms with Gasteiger partial charge in [-0.05, 0) is 260 Å². The van der Waals surface area contributed by atoms with E-state index in [-0.39, 0.29) is 0 Å². The maximum atomic E-state index is 6.59. The molecule has 2 aromatic heterocycles. The number of fused-ring (bicyclic) bond motifs is 7. The summed E-state index contributed by atoms with van der Waals surface area (Å²) in [6.07, 6.45) is 0. The van der Waals surface area contributed by atoms with E-state index in [4.69, 9.17) is 8.83 Å². The van der Waals surface area contributed by atoms with Crippen LogP contribution in [0.15, 0.2) is 518 Å². The van der Waals surface area contributed by atoms with E-state index >= 15 is 0 Å². The molecule has 0 saturated heterocycles. The Labute approximate surface area is 745 Å². The second-order valence-corrected chi connectivity index (χ2v) is 32.6. The number of rotatable bonds is 18. The normalized spacial score (nSPS) is 11.3. The molecule has 0 bridgehead atoms. The molecule has 0 unspecified atom stereocenters. The quantitative estimate of drug-likeness (QED) is 0.0857. The van der Waals surface area contributed by atoms with Crippen LogP contribution < -0.4 is 9.80 Å². The molecule has 23 aromatic rings. The Morgan fingerprint density at radius 1 is 0.125 bits per heavy atom. The highest BCUT2D eigenvalue weighted by Gasteiger charge is 2.26. The number of nitrogens with zero attached hydrogens (tertiary/aromatic N) is 2. The molecule has 0 aliphatic carbocycles. The smallest absolute Gasteiger partial charge is 0.136 e. The lowest BCUT2D eigenvalue weighted by Gasteiger charge is -2.29. The van der Waals surface area contributed by atoms with Gasteiger partial charge in [0, 0.05) is 55.7 Å². The highest BCUT2D eigenvalue weighted by molar-refractivity contribution is 6.10. The fourth-order valence-corrected chi connectivity index (χ4v) is 18.4. The third kappa shape index (κ3) is 15.5. The van der Waals surface area contributed by atoms with Gasteiger partial charge in [0.25, 0.3) is 0 Å². The molecular formula is C124H84N2O2. The van der Waals surface area contributed by atoms with Crippen LogP contribution in [0.25, 0.3) is 188 Å². The summed E-state index contributed by atoms with van der Waals surface area (Å²) >= 11 is 0. The van der Waals surface area contributed by atoms with Crippen LogP contribution in [0.5, 0.6) is 0 Å². The van der Waals surface area contributed by atoms with Crippen LogP contribution >= 0.6 is 0 Å². The van der Waals surface area contributed by atoms with Gasteiger partial charge in [0.15, 0.2) is 0 Å². The summed E-state index contributed by atoms with van der Waals surface area (Å²) in [6.45, 7) is 0. The van der Waals surface area contributed by atoms with Gasteiger partial charge in [0.05, 0.1) is 0 Å². The summed E-state index contributed by atoms with van der Waals surface area (Å²) in [6, 6.07) is 183. The summed E-state index contributed by atoms with van der Waals surface area (Å²) in [5.41, 5.74) is 37.6. The van der Waals surface area contributed by atoms with Crippen molar-refractivity contribution in [3.8, 4) is 134 Å². The van der Waals surface area contributed by atoms with Crippen molar-refractivity contribution < 1.29 is 8.83 Å². The Balaban J connectivity index is 0.000000152. The SMILES string of the molecule is c1ccc(-c2ccc(-c3cc(N(c4ccc(-c5ccccc5)cc4)c4ccc(-c5ccccc5)cc4)cc(-c4ccc(-c5ccccc5)cc4)c3-c3ccc4c(c3)oc3ccccc34)cc2)cc1.c1ccc(-c2ccc(N(c3ccc(-c4ccccc4)cc3)c3cc(-c4ccccc4)c(-c4ccc5c(c4)oc4ccccc45)c(-c4ccc5ccccc5c4)c3)cc2)cc1. The second-order valence-electron chi connectivity index (χ2n) is 32.6. The van der Waals surface area contributed by atoms with Crippen LogP contribution in [0.2, 0.25) is 0 Å². The van der Waals surface area contributed by atoms with Crippen molar-refractivity contribution in [1.29, 1.82) is 0 Å². The van der Waals surface area contributed by atoms with E-state index in [2.05, 4.69) is 501 Å². The molecule has 4 nitrogen and oxygen atoms in total. The minimum atomic E-state index is 0.863. The zero-order valence-corrected chi connectivity index (χ0v) is 70.2. The van der Waals surface area contributed by atoms with Crippen molar-refractivity contribution in [3.63, 3.8) is 0 Å². The standard InChI is InChI=1S/C66H45NO.C58H39NO/c1-5-15-46(16-6-1)50-25-29-54(30-26-50)62-44-59(67(57-38-33-52(34-39-57)48-19-9-3-10-20-48)58-40-35-53(36-41-58)49-21-11-4-12-22-49)45-63(55-31-27-51(28-32-55)47-17-7-2-8-18-47)66(62)56-37-42-61-60-23-13-14-24-64(60)68-65(61)43-56;1-4-14-40(15-5-1)43-26-31-49(32-27-43)59(50-33-28-44(29-34-50)41-16-6-2-7-17-41)51-38-54(45-19-8-3-9-20-45)58(55(39-51)47-25-24-42-18-10-11-21-46(42)36-47)48-30-35-53-52-22-12-13-23-56(52)60-57(53)37-48/h1-45H;1-39H. The van der Waals surface area contributed by atoms with E-state index in [1.807, 2.05) is 18.2 Å². The maximum Gasteiger partial charge on any atom is 0.136 e. The predicted molar refractivity (Wildman–Crippen MR) is 540 cm³/mol. The molecule has 0 radical (unpaired) electrons. The van der Waals surface area contributed by atoms with Crippen molar-refractivity contribution in [1.82, 2.24) is 0 Å². The molecule has 0 amide bonds. The van der Waals surface area contributed by atoms with Crippen LogP contribution in [-0.4, -0.2) is 0 Å². The number of benzene rings is 21. The zero-order chi connectivity index (χ0) is 85.1. The Kier molecular flexibility index (Phi) is 20.7. The van der Waals surface area contributed by atoms with Gasteiger partial charge in [0.2, 0.25) is 0 Å². The van der Waals surface area contributed by atoms with Crippen molar-refractivity contribution in [2.45, 2.75) is 0 Å². The molecule has 0 aliphatic heterocycles. The summed E-state index contributed by atoms with van der Waals surface area (Å²) in [4.78, 5) is 4.80. The zero-order valence-electron chi connectivity index (χ0n) is 70.2. The van der Waals surface area contributed by atoms with E-state index in [1.165, 1.54) is 77.5 Å². The molecule has 2 heterocycles. The Hall–Kier alpha value is -16.9. The van der Waals surface area contributed by atoms with E-state index in [0.29, 0.717) is 0 Å². The molecule has 0 spiro atoms. The summed E-state index contributed by atoms with van der Waals surface area (Å²) in [5.74, 6) is 0. The topological polar surface area (TPSA) is 32.8 Å². The van der Waals surface area contributed by atoms with Crippen LogP contribution in [0.4, 0.5) is 34.1 Å². The third-order valence-corrected chi connectivity index (χ3v) is 24.8. The van der Waals surface area contributed by atoms with Gasteiger partial charge >= 0.3 is 0 Å². The van der Waals surface area contributed by atoms with Gasteiger partial charge in [0.1, 0.15) is 22.3 Å². The molecular weight excluding hydrogens is 1550 g/mol. The van der Waals surface area contributed by atoms with Crippen molar-refractivity contribution in [3.05, 3.63) is 510 Å². The number of hydrogen-bond donors (Lipinski definition) is 0. The first kappa shape index (κ1) is 77.2. The van der Waals surface area contributed by atoms with Gasteiger partial charge in [-0.2, -0.15) is 0 Å². The first-order valence-electron chi connectivity index (χ1n) is 43.7. The molecule has 0 atom stereocenters. The lowest BCUT2D eigenvalue weighted by atomic mass is 9.85. The second kappa shape index (κ2) is 34.4. The van der Waals surface area contributed by atoms with Crippen LogP contribution in [0, 0.1) is 0 Å². The minimum absolute atomic E-state index is 0.863. The molecule has 0 aliphatic rings. The molecule has 23 rings (SSSR count). The summed E-state index contributed by atoms with van der Waals surface area (Å²) < 4.78 is 13.1. The predicted octanol–water partition coefficient (Wildman–Crippen LogP) is 35.3. The van der Waals surface area contributed by atoms with Crippen molar-refractivity contribution in [2.24, 2.45) is 0 Å². The highest BCUT2D eigenvalue weighted by Crippen LogP contribution is 2.52. The fourth-order valence-electron chi connectivity index (χ4n) is 18.4. The van der Waals surface area contributed by atoms with Crippen molar-refractivity contribution >= 4 is 88.8 Å². The van der Waals surface area contributed by atoms with Gasteiger partial charge < -0.3 is 18.6 Å². The number of para-hydroxylation sites is 2. The Bertz CT molecular complexity index is 7610. The van der Waals surface area contributed by atoms with Crippen LogP contribution in [-0.2, 0) is 0 Å². The number of anilines is 6. The van der Waals surface area contributed by atoms with E-state index < -0.39 is 0 Å². The first-order valence-corrected chi connectivity index (χ1v) is 43.7. The molecule has 128 heavy (non-hydrogen) atoms. The van der Waals surface area contributed by atoms with Gasteiger partial charge in [-0.1, -0.05) is 394 Å². The Morgan fingerprint density at radius 2 is 0.344 bits per heavy atom. The summed E-state index contributed by atoms with van der Waals surface area (Å²) in [7, 11) is 0. The third-order valence-electron chi connectivity index (χ3n) is 24.8. The molecule has 0 N–H and O–H groups in total. The lowest BCUT2D eigenvalue weighted by Crippen LogP contribution is -2.11.